The molecule has 1 aromatic rings. The molecule has 0 aliphatic rings. The van der Waals surface area contributed by atoms with E-state index < -0.39 is 0 Å². The Kier molecular flexibility index (Phi) is 3.51. The fourth-order valence-corrected chi connectivity index (χ4v) is 1.26. The van der Waals surface area contributed by atoms with Crippen LogP contribution in [0.3, 0.4) is 0 Å². The van der Waals surface area contributed by atoms with Crippen LogP contribution in [0.25, 0.3) is 0 Å². The second kappa shape index (κ2) is 4.65. The largest absolute Gasteiger partial charge is 0.409 e. The molecule has 1 aromatic carbocycles. The van der Waals surface area contributed by atoms with Gasteiger partial charge < -0.3 is 10.9 Å². The third-order valence-electron chi connectivity index (χ3n) is 2.16. The van der Waals surface area contributed by atoms with Crippen molar-refractivity contribution in [1.29, 1.82) is 0 Å². The van der Waals surface area contributed by atoms with E-state index in [-0.39, 0.29) is 5.84 Å². The normalized spacial score (nSPS) is 12.1. The third-order valence-corrected chi connectivity index (χ3v) is 2.16. The summed E-state index contributed by atoms with van der Waals surface area (Å²) in [4.78, 5) is 0. The second-order valence-electron chi connectivity index (χ2n) is 3.66. The lowest BCUT2D eigenvalue weighted by Gasteiger charge is -2.06. The first-order chi connectivity index (χ1) is 6.63. The predicted molar refractivity (Wildman–Crippen MR) is 57.6 cm³/mol. The number of oxime groups is 1. The summed E-state index contributed by atoms with van der Waals surface area (Å²) in [6.45, 7) is 4.30. The molecule has 0 aromatic heterocycles. The van der Waals surface area contributed by atoms with Gasteiger partial charge in [-0.3, -0.25) is 0 Å². The first kappa shape index (κ1) is 10.6. The molecule has 0 aliphatic carbocycles. The Morgan fingerprint density at radius 2 is 1.93 bits per heavy atom. The van der Waals surface area contributed by atoms with Gasteiger partial charge in [-0.25, -0.2) is 0 Å². The Bertz CT molecular complexity index is 315. The Morgan fingerprint density at radius 1 is 1.36 bits per heavy atom. The summed E-state index contributed by atoms with van der Waals surface area (Å²) < 4.78 is 0. The van der Waals surface area contributed by atoms with E-state index in [1.54, 1.807) is 0 Å². The lowest BCUT2D eigenvalue weighted by molar-refractivity contribution is 0.317. The molecule has 0 spiro atoms. The minimum absolute atomic E-state index is 0.238. The SMILES string of the molecule is CC(C)c1ccc(CC(N)=NO)cc1. The standard InChI is InChI=1S/C11H16N2O/c1-8(2)10-5-3-9(4-6-10)7-11(12)13-14/h3-6,8,14H,7H2,1-2H3,(H2,12,13). The van der Waals surface area contributed by atoms with Gasteiger partial charge in [-0.1, -0.05) is 43.3 Å². The molecule has 1 rings (SSSR count). The van der Waals surface area contributed by atoms with Gasteiger partial charge in [0, 0.05) is 6.42 Å². The highest BCUT2D eigenvalue weighted by atomic mass is 16.4. The quantitative estimate of drug-likeness (QED) is 0.333. The van der Waals surface area contributed by atoms with Crippen LogP contribution in [0, 0.1) is 0 Å². The Labute approximate surface area is 84.2 Å². The molecule has 0 amide bonds. The van der Waals surface area contributed by atoms with E-state index >= 15 is 0 Å². The predicted octanol–water partition coefficient (Wildman–Crippen LogP) is 2.10. The average molecular weight is 192 g/mol. The van der Waals surface area contributed by atoms with E-state index in [1.807, 2.05) is 12.1 Å². The zero-order chi connectivity index (χ0) is 10.6. The highest BCUT2D eigenvalue weighted by molar-refractivity contribution is 5.81. The summed E-state index contributed by atoms with van der Waals surface area (Å²) in [6.07, 6.45) is 0.495. The van der Waals surface area contributed by atoms with Gasteiger partial charge in [0.2, 0.25) is 0 Å². The lowest BCUT2D eigenvalue weighted by Crippen LogP contribution is -2.14. The van der Waals surface area contributed by atoms with Crippen LogP contribution < -0.4 is 5.73 Å². The highest BCUT2D eigenvalue weighted by Gasteiger charge is 2.00. The van der Waals surface area contributed by atoms with E-state index in [0.717, 1.165) is 5.56 Å². The van der Waals surface area contributed by atoms with Crippen LogP contribution in [-0.2, 0) is 6.42 Å². The lowest BCUT2D eigenvalue weighted by atomic mass is 10.0. The molecule has 76 valence electrons. The van der Waals surface area contributed by atoms with Crippen molar-refractivity contribution in [2.45, 2.75) is 26.2 Å². The van der Waals surface area contributed by atoms with Gasteiger partial charge in [-0.2, -0.15) is 0 Å². The molecule has 0 bridgehead atoms. The van der Waals surface area contributed by atoms with Crippen molar-refractivity contribution in [2.24, 2.45) is 10.9 Å². The first-order valence-corrected chi connectivity index (χ1v) is 4.68. The summed E-state index contributed by atoms with van der Waals surface area (Å²) in [5, 5.41) is 11.3. The molecule has 0 fully saturated rings. The smallest absolute Gasteiger partial charge is 0.143 e. The molecule has 3 N–H and O–H groups in total. The molecule has 0 atom stereocenters. The number of nitrogens with zero attached hydrogens (tertiary/aromatic N) is 1. The topological polar surface area (TPSA) is 58.6 Å². The van der Waals surface area contributed by atoms with Crippen LogP contribution in [-0.4, -0.2) is 11.0 Å². The van der Waals surface area contributed by atoms with Gasteiger partial charge in [-0.15, -0.1) is 0 Å². The monoisotopic (exact) mass is 192 g/mol. The Balaban J connectivity index is 2.74. The molecule has 0 saturated carbocycles. The van der Waals surface area contributed by atoms with Crippen molar-refractivity contribution < 1.29 is 5.21 Å². The fraction of sp³-hybridized carbons (Fsp3) is 0.364. The fourth-order valence-electron chi connectivity index (χ4n) is 1.26. The minimum atomic E-state index is 0.238. The van der Waals surface area contributed by atoms with Gasteiger partial charge in [0.25, 0.3) is 0 Å². The van der Waals surface area contributed by atoms with E-state index in [1.165, 1.54) is 5.56 Å². The number of benzene rings is 1. The van der Waals surface area contributed by atoms with Crippen molar-refractivity contribution in [3.8, 4) is 0 Å². The van der Waals surface area contributed by atoms with Crippen molar-refractivity contribution in [3.05, 3.63) is 35.4 Å². The zero-order valence-electron chi connectivity index (χ0n) is 8.57. The Hall–Kier alpha value is -1.51. The molecule has 0 heterocycles. The van der Waals surface area contributed by atoms with Crippen molar-refractivity contribution in [2.75, 3.05) is 0 Å². The highest BCUT2D eigenvalue weighted by Crippen LogP contribution is 2.14. The number of hydrogen-bond acceptors (Lipinski definition) is 2. The number of rotatable bonds is 3. The van der Waals surface area contributed by atoms with Crippen LogP contribution in [0.15, 0.2) is 29.4 Å². The summed E-state index contributed by atoms with van der Waals surface area (Å²) in [7, 11) is 0. The Morgan fingerprint density at radius 3 is 2.36 bits per heavy atom. The van der Waals surface area contributed by atoms with E-state index in [2.05, 4.69) is 31.1 Å². The maximum absolute atomic E-state index is 8.40. The van der Waals surface area contributed by atoms with Crippen LogP contribution in [0.2, 0.25) is 0 Å². The molecule has 3 nitrogen and oxygen atoms in total. The van der Waals surface area contributed by atoms with Gasteiger partial charge in [0.15, 0.2) is 0 Å². The van der Waals surface area contributed by atoms with Gasteiger partial charge in [0.1, 0.15) is 5.84 Å². The summed E-state index contributed by atoms with van der Waals surface area (Å²) in [6, 6.07) is 8.16. The van der Waals surface area contributed by atoms with Crippen LogP contribution >= 0.6 is 0 Å². The van der Waals surface area contributed by atoms with Crippen molar-refractivity contribution in [3.63, 3.8) is 0 Å². The van der Waals surface area contributed by atoms with E-state index in [0.29, 0.717) is 12.3 Å². The molecule has 0 unspecified atom stereocenters. The van der Waals surface area contributed by atoms with Crippen molar-refractivity contribution >= 4 is 5.84 Å². The number of hydrogen-bond donors (Lipinski definition) is 2. The molecule has 14 heavy (non-hydrogen) atoms. The van der Waals surface area contributed by atoms with Crippen molar-refractivity contribution in [1.82, 2.24) is 0 Å². The minimum Gasteiger partial charge on any atom is -0.409 e. The number of nitrogens with two attached hydrogens (primary N) is 1. The number of amidine groups is 1. The van der Waals surface area contributed by atoms with E-state index in [9.17, 15) is 0 Å². The molecular formula is C11H16N2O. The first-order valence-electron chi connectivity index (χ1n) is 4.68. The third kappa shape index (κ3) is 2.76. The summed E-state index contributed by atoms with van der Waals surface area (Å²) in [5.41, 5.74) is 7.76. The molecule has 0 aliphatic heterocycles. The molecule has 0 saturated heterocycles. The molecule has 0 radical (unpaired) electrons. The molecular weight excluding hydrogens is 176 g/mol. The zero-order valence-corrected chi connectivity index (χ0v) is 8.57. The second-order valence-corrected chi connectivity index (χ2v) is 3.66. The van der Waals surface area contributed by atoms with Crippen LogP contribution in [0.1, 0.15) is 30.9 Å². The van der Waals surface area contributed by atoms with Crippen LogP contribution in [0.4, 0.5) is 0 Å². The maximum atomic E-state index is 8.40. The molecule has 3 heteroatoms. The maximum Gasteiger partial charge on any atom is 0.143 e. The van der Waals surface area contributed by atoms with Crippen LogP contribution in [0.5, 0.6) is 0 Å². The van der Waals surface area contributed by atoms with Gasteiger partial charge >= 0.3 is 0 Å². The van der Waals surface area contributed by atoms with Gasteiger partial charge in [0.05, 0.1) is 0 Å². The average Bonchev–Trinajstić information content (AvgIpc) is 2.18. The van der Waals surface area contributed by atoms with E-state index in [4.69, 9.17) is 10.9 Å². The summed E-state index contributed by atoms with van der Waals surface area (Å²) >= 11 is 0. The summed E-state index contributed by atoms with van der Waals surface area (Å²) in [5.74, 6) is 0.773. The van der Waals surface area contributed by atoms with Gasteiger partial charge in [-0.05, 0) is 17.0 Å².